The van der Waals surface area contributed by atoms with Crippen LogP contribution in [0.15, 0.2) is 94.6 Å². The first-order valence-corrected chi connectivity index (χ1v) is 11.5. The van der Waals surface area contributed by atoms with Crippen LogP contribution in [0.25, 0.3) is 11.5 Å². The van der Waals surface area contributed by atoms with Crippen molar-refractivity contribution in [1.29, 1.82) is 0 Å². The quantitative estimate of drug-likeness (QED) is 0.324. The molecule has 0 spiro atoms. The van der Waals surface area contributed by atoms with Crippen LogP contribution in [0.1, 0.15) is 16.7 Å². The Morgan fingerprint density at radius 3 is 2.34 bits per heavy atom. The smallest absolute Gasteiger partial charge is 0.277 e. The van der Waals surface area contributed by atoms with E-state index in [4.69, 9.17) is 4.42 Å². The zero-order valence-electron chi connectivity index (χ0n) is 18.0. The minimum atomic E-state index is 0.0464. The molecule has 4 rings (SSSR count). The number of thioether (sulfide) groups is 1. The highest BCUT2D eigenvalue weighted by Crippen LogP contribution is 2.24. The summed E-state index contributed by atoms with van der Waals surface area (Å²) in [6.07, 6.45) is 0.808. The summed E-state index contributed by atoms with van der Waals surface area (Å²) in [6, 6.07) is 28.2. The van der Waals surface area contributed by atoms with Crippen molar-refractivity contribution >= 4 is 17.7 Å². The van der Waals surface area contributed by atoms with Gasteiger partial charge in [-0.05, 0) is 36.6 Å². The van der Waals surface area contributed by atoms with E-state index < -0.39 is 0 Å². The number of nitrogens with zero attached hydrogens (tertiary/aromatic N) is 3. The Morgan fingerprint density at radius 2 is 1.62 bits per heavy atom. The van der Waals surface area contributed by atoms with Gasteiger partial charge in [-0.2, -0.15) is 0 Å². The van der Waals surface area contributed by atoms with E-state index in [0.29, 0.717) is 24.2 Å². The van der Waals surface area contributed by atoms with Gasteiger partial charge in [0.2, 0.25) is 11.8 Å². The van der Waals surface area contributed by atoms with Gasteiger partial charge >= 0.3 is 0 Å². The van der Waals surface area contributed by atoms with Crippen molar-refractivity contribution in [3.8, 4) is 11.5 Å². The Balaban J connectivity index is 1.40. The van der Waals surface area contributed by atoms with Gasteiger partial charge in [-0.15, -0.1) is 10.2 Å². The van der Waals surface area contributed by atoms with E-state index >= 15 is 0 Å². The molecule has 0 saturated heterocycles. The van der Waals surface area contributed by atoms with E-state index in [-0.39, 0.29) is 11.7 Å². The second kappa shape index (κ2) is 10.8. The van der Waals surface area contributed by atoms with Gasteiger partial charge < -0.3 is 9.32 Å². The van der Waals surface area contributed by atoms with Crippen LogP contribution in [0.5, 0.6) is 0 Å². The number of carbonyl (C=O) groups is 1. The number of aryl methyl sites for hydroxylation is 1. The first-order valence-electron chi connectivity index (χ1n) is 10.6. The minimum absolute atomic E-state index is 0.0464. The molecule has 0 aliphatic rings. The van der Waals surface area contributed by atoms with E-state index in [1.165, 1.54) is 17.3 Å². The summed E-state index contributed by atoms with van der Waals surface area (Å²) in [7, 11) is 0. The van der Waals surface area contributed by atoms with Gasteiger partial charge in [0.25, 0.3) is 5.22 Å². The molecule has 0 unspecified atom stereocenters. The maximum atomic E-state index is 13.1. The Labute approximate surface area is 192 Å². The van der Waals surface area contributed by atoms with Crippen LogP contribution < -0.4 is 0 Å². The number of amides is 1. The van der Waals surface area contributed by atoms with Crippen molar-refractivity contribution in [3.63, 3.8) is 0 Å². The molecule has 3 aromatic carbocycles. The summed E-state index contributed by atoms with van der Waals surface area (Å²) in [4.78, 5) is 15.0. The van der Waals surface area contributed by atoms with Crippen molar-refractivity contribution in [2.75, 3.05) is 12.3 Å². The molecule has 0 fully saturated rings. The number of rotatable bonds is 9. The molecule has 5 nitrogen and oxygen atoms in total. The van der Waals surface area contributed by atoms with Gasteiger partial charge in [-0.25, -0.2) is 0 Å². The molecule has 1 heterocycles. The maximum Gasteiger partial charge on any atom is 0.277 e. The molecule has 1 aromatic heterocycles. The van der Waals surface area contributed by atoms with E-state index in [1.807, 2.05) is 84.6 Å². The van der Waals surface area contributed by atoms with Crippen molar-refractivity contribution in [1.82, 2.24) is 15.1 Å². The second-order valence-corrected chi connectivity index (χ2v) is 8.49. The summed E-state index contributed by atoms with van der Waals surface area (Å²) in [5, 5.41) is 8.64. The van der Waals surface area contributed by atoms with Gasteiger partial charge in [-0.1, -0.05) is 90.1 Å². The van der Waals surface area contributed by atoms with Gasteiger partial charge in [0, 0.05) is 18.7 Å². The number of carbonyl (C=O) groups excluding carboxylic acids is 1. The highest BCUT2D eigenvalue weighted by atomic mass is 32.2. The summed E-state index contributed by atoms with van der Waals surface area (Å²) in [5.41, 5.74) is 4.33. The molecule has 1 amide bonds. The molecular formula is C26H25N3O2S. The SMILES string of the molecule is Cc1cccc(-c2nnc(SCC(=O)N(CCc3ccccc3)Cc3ccccc3)o2)c1. The molecule has 32 heavy (non-hydrogen) atoms. The average molecular weight is 444 g/mol. The molecule has 0 radical (unpaired) electrons. The zero-order chi connectivity index (χ0) is 22.2. The standard InChI is InChI=1S/C26H25N3O2S/c1-20-9-8-14-23(17-20)25-27-28-26(31-25)32-19-24(30)29(18-22-12-6-3-7-13-22)16-15-21-10-4-2-5-11-21/h2-14,17H,15-16,18-19H2,1H3. The maximum absolute atomic E-state index is 13.1. The third-order valence-electron chi connectivity index (χ3n) is 5.07. The Morgan fingerprint density at radius 1 is 0.906 bits per heavy atom. The third kappa shape index (κ3) is 6.08. The van der Waals surface area contributed by atoms with Crippen LogP contribution in [0.3, 0.4) is 0 Å². The summed E-state index contributed by atoms with van der Waals surface area (Å²) < 4.78 is 5.77. The molecule has 0 aliphatic heterocycles. The molecular weight excluding hydrogens is 418 g/mol. The zero-order valence-corrected chi connectivity index (χ0v) is 18.8. The largest absolute Gasteiger partial charge is 0.411 e. The fourth-order valence-electron chi connectivity index (χ4n) is 3.38. The molecule has 162 valence electrons. The summed E-state index contributed by atoms with van der Waals surface area (Å²) in [6.45, 7) is 3.24. The Kier molecular flexibility index (Phi) is 7.35. The normalized spacial score (nSPS) is 10.8. The molecule has 0 aliphatic carbocycles. The van der Waals surface area contributed by atoms with Crippen LogP contribution in [-0.2, 0) is 17.8 Å². The topological polar surface area (TPSA) is 59.2 Å². The molecule has 0 saturated carbocycles. The lowest BCUT2D eigenvalue weighted by Crippen LogP contribution is -2.33. The predicted octanol–water partition coefficient (Wildman–Crippen LogP) is 5.41. The van der Waals surface area contributed by atoms with Gasteiger partial charge in [0.15, 0.2) is 0 Å². The van der Waals surface area contributed by atoms with E-state index in [9.17, 15) is 4.79 Å². The highest BCUT2D eigenvalue weighted by molar-refractivity contribution is 7.99. The van der Waals surface area contributed by atoms with Crippen LogP contribution in [-0.4, -0.2) is 33.3 Å². The monoisotopic (exact) mass is 443 g/mol. The van der Waals surface area contributed by atoms with Gasteiger partial charge in [-0.3, -0.25) is 4.79 Å². The van der Waals surface area contributed by atoms with Crippen LogP contribution in [0, 0.1) is 6.92 Å². The lowest BCUT2D eigenvalue weighted by Gasteiger charge is -2.22. The predicted molar refractivity (Wildman–Crippen MR) is 127 cm³/mol. The van der Waals surface area contributed by atoms with Crippen molar-refractivity contribution in [2.24, 2.45) is 0 Å². The highest BCUT2D eigenvalue weighted by Gasteiger charge is 2.17. The molecule has 0 bridgehead atoms. The lowest BCUT2D eigenvalue weighted by molar-refractivity contribution is -0.128. The number of hydrogen-bond donors (Lipinski definition) is 0. The fourth-order valence-corrected chi connectivity index (χ4v) is 4.05. The van der Waals surface area contributed by atoms with E-state index in [2.05, 4.69) is 22.3 Å². The van der Waals surface area contributed by atoms with Crippen LogP contribution in [0.4, 0.5) is 0 Å². The van der Waals surface area contributed by atoms with Crippen LogP contribution >= 0.6 is 11.8 Å². The van der Waals surface area contributed by atoms with Crippen molar-refractivity contribution in [2.45, 2.75) is 25.1 Å². The third-order valence-corrected chi connectivity index (χ3v) is 5.88. The molecule has 0 N–H and O–H groups in total. The first-order chi connectivity index (χ1) is 15.7. The number of hydrogen-bond acceptors (Lipinski definition) is 5. The number of benzene rings is 3. The second-order valence-electron chi connectivity index (χ2n) is 7.57. The van der Waals surface area contributed by atoms with Crippen molar-refractivity contribution in [3.05, 3.63) is 102 Å². The van der Waals surface area contributed by atoms with Gasteiger partial charge in [0.1, 0.15) is 0 Å². The Hall–Kier alpha value is -3.38. The van der Waals surface area contributed by atoms with Crippen molar-refractivity contribution < 1.29 is 9.21 Å². The van der Waals surface area contributed by atoms with Gasteiger partial charge in [0.05, 0.1) is 5.75 Å². The molecule has 6 heteroatoms. The minimum Gasteiger partial charge on any atom is -0.411 e. The lowest BCUT2D eigenvalue weighted by atomic mass is 10.1. The summed E-state index contributed by atoms with van der Waals surface area (Å²) >= 11 is 1.28. The summed E-state index contributed by atoms with van der Waals surface area (Å²) in [5.74, 6) is 0.760. The Bertz CT molecular complexity index is 1150. The van der Waals surface area contributed by atoms with Crippen LogP contribution in [0.2, 0.25) is 0 Å². The first kappa shape index (κ1) is 21.8. The molecule has 0 atom stereocenters. The average Bonchev–Trinajstić information content (AvgIpc) is 3.31. The van der Waals surface area contributed by atoms with E-state index in [0.717, 1.165) is 23.1 Å². The fraction of sp³-hybridized carbons (Fsp3) is 0.192. The molecule has 4 aromatic rings. The van der Waals surface area contributed by atoms with E-state index in [1.54, 1.807) is 0 Å². The number of aromatic nitrogens is 2.